The van der Waals surface area contributed by atoms with Crippen molar-refractivity contribution in [2.75, 3.05) is 28.6 Å². The standard InChI is InChI=1S/C24H31N5/c1-6-29(7-2)21-13-14-22(17(3)15-21)27-23-16-18(4)25-24(28-23)26-19(5)20-11-9-8-10-12-20/h8-16,19H,6-7H2,1-5H3,(H2,25,26,27,28). The number of hydrogen-bond donors (Lipinski definition) is 2. The van der Waals surface area contributed by atoms with E-state index in [1.165, 1.54) is 16.8 Å². The SMILES string of the molecule is CCN(CC)c1ccc(Nc2cc(C)nc(NC(C)c3ccccc3)n2)c(C)c1. The third kappa shape index (κ3) is 5.25. The lowest BCUT2D eigenvalue weighted by Crippen LogP contribution is -2.21. The van der Waals surface area contributed by atoms with E-state index in [2.05, 4.69) is 83.5 Å². The first-order valence-electron chi connectivity index (χ1n) is 10.3. The Balaban J connectivity index is 1.78. The minimum atomic E-state index is 0.126. The molecule has 1 aromatic heterocycles. The molecule has 0 aliphatic heterocycles. The van der Waals surface area contributed by atoms with Crippen molar-refractivity contribution in [1.82, 2.24) is 9.97 Å². The Morgan fingerprint density at radius 3 is 2.31 bits per heavy atom. The third-order valence-electron chi connectivity index (χ3n) is 5.10. The van der Waals surface area contributed by atoms with E-state index in [4.69, 9.17) is 0 Å². The normalized spacial score (nSPS) is 11.8. The zero-order chi connectivity index (χ0) is 20.8. The van der Waals surface area contributed by atoms with Gasteiger partial charge >= 0.3 is 0 Å². The summed E-state index contributed by atoms with van der Waals surface area (Å²) < 4.78 is 0. The van der Waals surface area contributed by atoms with Gasteiger partial charge in [0.2, 0.25) is 5.95 Å². The van der Waals surface area contributed by atoms with Crippen LogP contribution in [0.3, 0.4) is 0 Å². The van der Waals surface area contributed by atoms with E-state index >= 15 is 0 Å². The zero-order valence-corrected chi connectivity index (χ0v) is 18.0. The summed E-state index contributed by atoms with van der Waals surface area (Å²) >= 11 is 0. The molecule has 0 saturated carbocycles. The van der Waals surface area contributed by atoms with Gasteiger partial charge in [-0.25, -0.2) is 4.98 Å². The topological polar surface area (TPSA) is 53.1 Å². The molecule has 5 nitrogen and oxygen atoms in total. The van der Waals surface area contributed by atoms with E-state index in [1.807, 2.05) is 31.2 Å². The summed E-state index contributed by atoms with van der Waals surface area (Å²) in [5, 5.41) is 6.87. The van der Waals surface area contributed by atoms with Gasteiger partial charge in [-0.05, 0) is 63.9 Å². The van der Waals surface area contributed by atoms with Crippen molar-refractivity contribution in [2.24, 2.45) is 0 Å². The molecular weight excluding hydrogens is 358 g/mol. The quantitative estimate of drug-likeness (QED) is 0.506. The lowest BCUT2D eigenvalue weighted by Gasteiger charge is -2.22. The Morgan fingerprint density at radius 1 is 0.931 bits per heavy atom. The number of rotatable bonds is 8. The van der Waals surface area contributed by atoms with Gasteiger partial charge in [0.25, 0.3) is 0 Å². The highest BCUT2D eigenvalue weighted by Crippen LogP contribution is 2.26. The largest absolute Gasteiger partial charge is 0.372 e. The molecule has 0 fully saturated rings. The second-order valence-electron chi connectivity index (χ2n) is 7.29. The molecule has 0 aliphatic carbocycles. The molecule has 1 atom stereocenters. The van der Waals surface area contributed by atoms with Crippen molar-refractivity contribution in [1.29, 1.82) is 0 Å². The van der Waals surface area contributed by atoms with Gasteiger partial charge in [0.15, 0.2) is 0 Å². The molecule has 2 aromatic carbocycles. The molecule has 3 rings (SSSR count). The molecule has 152 valence electrons. The first-order chi connectivity index (χ1) is 14.0. The van der Waals surface area contributed by atoms with Crippen molar-refractivity contribution < 1.29 is 0 Å². The van der Waals surface area contributed by atoms with Gasteiger partial charge in [-0.1, -0.05) is 30.3 Å². The van der Waals surface area contributed by atoms with Crippen LogP contribution in [0.1, 0.15) is 43.6 Å². The Hall–Kier alpha value is -3.08. The molecular formula is C24H31N5. The Kier molecular flexibility index (Phi) is 6.70. The van der Waals surface area contributed by atoms with Gasteiger partial charge in [0.05, 0.1) is 6.04 Å². The molecule has 0 spiro atoms. The molecule has 3 aromatic rings. The molecule has 2 N–H and O–H groups in total. The minimum Gasteiger partial charge on any atom is -0.372 e. The van der Waals surface area contributed by atoms with E-state index < -0.39 is 0 Å². The average Bonchev–Trinajstić information content (AvgIpc) is 2.71. The summed E-state index contributed by atoms with van der Waals surface area (Å²) in [5.41, 5.74) is 5.62. The summed E-state index contributed by atoms with van der Waals surface area (Å²) in [6.07, 6.45) is 0. The summed E-state index contributed by atoms with van der Waals surface area (Å²) in [6, 6.07) is 18.9. The highest BCUT2D eigenvalue weighted by Gasteiger charge is 2.10. The number of aryl methyl sites for hydroxylation is 2. The molecule has 0 bridgehead atoms. The van der Waals surface area contributed by atoms with E-state index in [0.717, 1.165) is 30.3 Å². The maximum atomic E-state index is 4.68. The molecule has 1 heterocycles. The zero-order valence-electron chi connectivity index (χ0n) is 18.0. The monoisotopic (exact) mass is 389 g/mol. The Morgan fingerprint density at radius 2 is 1.66 bits per heavy atom. The highest BCUT2D eigenvalue weighted by atomic mass is 15.2. The van der Waals surface area contributed by atoms with Crippen LogP contribution < -0.4 is 15.5 Å². The van der Waals surface area contributed by atoms with Gasteiger partial charge in [-0.3, -0.25) is 0 Å². The van der Waals surface area contributed by atoms with Crippen LogP contribution in [0.2, 0.25) is 0 Å². The summed E-state index contributed by atoms with van der Waals surface area (Å²) in [6.45, 7) is 12.6. The van der Waals surface area contributed by atoms with Crippen LogP contribution in [0.5, 0.6) is 0 Å². The third-order valence-corrected chi connectivity index (χ3v) is 5.10. The number of benzene rings is 2. The van der Waals surface area contributed by atoms with Crippen LogP contribution in [0, 0.1) is 13.8 Å². The van der Waals surface area contributed by atoms with Crippen molar-refractivity contribution in [3.05, 3.63) is 71.4 Å². The van der Waals surface area contributed by atoms with Crippen molar-refractivity contribution in [2.45, 2.75) is 40.7 Å². The maximum absolute atomic E-state index is 4.68. The second kappa shape index (κ2) is 9.41. The lowest BCUT2D eigenvalue weighted by atomic mass is 10.1. The van der Waals surface area contributed by atoms with Crippen molar-refractivity contribution in [3.63, 3.8) is 0 Å². The molecule has 29 heavy (non-hydrogen) atoms. The van der Waals surface area contributed by atoms with E-state index in [-0.39, 0.29) is 6.04 Å². The van der Waals surface area contributed by atoms with E-state index in [0.29, 0.717) is 5.95 Å². The van der Waals surface area contributed by atoms with Gasteiger partial charge in [-0.15, -0.1) is 0 Å². The molecule has 0 saturated heterocycles. The van der Waals surface area contributed by atoms with E-state index in [9.17, 15) is 0 Å². The van der Waals surface area contributed by atoms with Crippen molar-refractivity contribution >= 4 is 23.1 Å². The number of hydrogen-bond acceptors (Lipinski definition) is 5. The predicted molar refractivity (Wildman–Crippen MR) is 123 cm³/mol. The first kappa shape index (κ1) is 20.6. The van der Waals surface area contributed by atoms with Crippen LogP contribution >= 0.6 is 0 Å². The molecule has 1 unspecified atom stereocenters. The summed E-state index contributed by atoms with van der Waals surface area (Å²) in [4.78, 5) is 11.6. The number of anilines is 4. The Bertz CT molecular complexity index is 935. The first-order valence-corrected chi connectivity index (χ1v) is 10.3. The van der Waals surface area contributed by atoms with Gasteiger partial charge in [-0.2, -0.15) is 4.98 Å². The fourth-order valence-corrected chi connectivity index (χ4v) is 3.43. The Labute approximate surface area is 174 Å². The molecule has 5 heteroatoms. The summed E-state index contributed by atoms with van der Waals surface area (Å²) in [5.74, 6) is 1.42. The number of nitrogens with one attached hydrogen (secondary N) is 2. The predicted octanol–water partition coefficient (Wildman–Crippen LogP) is 5.86. The molecule has 0 amide bonds. The number of aromatic nitrogens is 2. The lowest BCUT2D eigenvalue weighted by molar-refractivity contribution is 0.858. The fourth-order valence-electron chi connectivity index (χ4n) is 3.43. The minimum absolute atomic E-state index is 0.126. The molecule has 0 aliphatic rings. The summed E-state index contributed by atoms with van der Waals surface area (Å²) in [7, 11) is 0. The van der Waals surface area contributed by atoms with Crippen LogP contribution in [0.4, 0.5) is 23.1 Å². The van der Waals surface area contributed by atoms with E-state index in [1.54, 1.807) is 0 Å². The van der Waals surface area contributed by atoms with Crippen LogP contribution in [-0.2, 0) is 0 Å². The highest BCUT2D eigenvalue weighted by molar-refractivity contribution is 5.66. The second-order valence-corrected chi connectivity index (χ2v) is 7.29. The van der Waals surface area contributed by atoms with Gasteiger partial charge in [0.1, 0.15) is 5.82 Å². The van der Waals surface area contributed by atoms with Gasteiger partial charge < -0.3 is 15.5 Å². The average molecular weight is 390 g/mol. The van der Waals surface area contributed by atoms with Crippen LogP contribution in [-0.4, -0.2) is 23.1 Å². The maximum Gasteiger partial charge on any atom is 0.225 e. The van der Waals surface area contributed by atoms with Gasteiger partial charge in [0, 0.05) is 36.2 Å². The fraction of sp³-hybridized carbons (Fsp3) is 0.333. The van der Waals surface area contributed by atoms with Crippen molar-refractivity contribution in [3.8, 4) is 0 Å². The van der Waals surface area contributed by atoms with Crippen LogP contribution in [0.25, 0.3) is 0 Å². The van der Waals surface area contributed by atoms with Crippen LogP contribution in [0.15, 0.2) is 54.6 Å². The smallest absolute Gasteiger partial charge is 0.225 e. The number of nitrogens with zero attached hydrogens (tertiary/aromatic N) is 3. The molecule has 0 radical (unpaired) electrons.